The number of hydrogen-bond donors (Lipinski definition) is 1. The van der Waals surface area contributed by atoms with Crippen molar-refractivity contribution in [3.63, 3.8) is 0 Å². The largest absolute Gasteiger partial charge is 0.480 e. The molecule has 1 amide bonds. The number of carbonyl (C=O) groups excluding carboxylic acids is 1. The van der Waals surface area contributed by atoms with E-state index in [0.717, 1.165) is 9.88 Å². The van der Waals surface area contributed by atoms with Crippen molar-refractivity contribution >= 4 is 34.6 Å². The Balaban J connectivity index is 2.18. The van der Waals surface area contributed by atoms with E-state index < -0.39 is 5.97 Å². The fourth-order valence-corrected chi connectivity index (χ4v) is 3.48. The van der Waals surface area contributed by atoms with E-state index in [1.807, 2.05) is 31.4 Å². The predicted molar refractivity (Wildman–Crippen MR) is 83.8 cm³/mol. The Morgan fingerprint density at radius 1 is 1.38 bits per heavy atom. The molecule has 7 heteroatoms. The molecule has 5 nitrogen and oxygen atoms in total. The zero-order valence-electron chi connectivity index (χ0n) is 11.8. The van der Waals surface area contributed by atoms with Gasteiger partial charge in [-0.2, -0.15) is 0 Å². The van der Waals surface area contributed by atoms with Gasteiger partial charge < -0.3 is 10.0 Å². The van der Waals surface area contributed by atoms with Gasteiger partial charge in [-0.05, 0) is 17.4 Å². The topological polar surface area (TPSA) is 70.5 Å². The molecular formula is C14H16N2O3S2. The minimum Gasteiger partial charge on any atom is -0.480 e. The average molecular weight is 324 g/mol. The van der Waals surface area contributed by atoms with Crippen LogP contribution in [0.5, 0.6) is 0 Å². The van der Waals surface area contributed by atoms with Gasteiger partial charge in [0, 0.05) is 11.9 Å². The summed E-state index contributed by atoms with van der Waals surface area (Å²) in [4.78, 5) is 30.0. The Hall–Kier alpha value is -1.73. The van der Waals surface area contributed by atoms with Crippen molar-refractivity contribution in [2.24, 2.45) is 5.92 Å². The van der Waals surface area contributed by atoms with Crippen molar-refractivity contribution in [2.75, 3.05) is 13.1 Å². The lowest BCUT2D eigenvalue weighted by atomic mass is 10.2. The molecule has 2 rings (SSSR count). The van der Waals surface area contributed by atoms with Crippen LogP contribution in [0.3, 0.4) is 0 Å². The maximum absolute atomic E-state index is 12.4. The van der Waals surface area contributed by atoms with Crippen LogP contribution >= 0.6 is 22.7 Å². The van der Waals surface area contributed by atoms with Gasteiger partial charge in [-0.15, -0.1) is 22.7 Å². The number of carbonyl (C=O) groups is 2. The fourth-order valence-electron chi connectivity index (χ4n) is 1.87. The monoisotopic (exact) mass is 324 g/mol. The van der Waals surface area contributed by atoms with E-state index in [1.165, 1.54) is 16.2 Å². The molecule has 0 aliphatic rings. The molecule has 21 heavy (non-hydrogen) atoms. The normalized spacial score (nSPS) is 10.8. The molecular weight excluding hydrogens is 308 g/mol. The number of amides is 1. The number of carboxylic acids is 1. The molecule has 0 radical (unpaired) electrons. The predicted octanol–water partition coefficient (Wildman–Crippen LogP) is 3.05. The molecule has 2 aromatic rings. The minimum atomic E-state index is -1.02. The molecule has 0 aliphatic carbocycles. The van der Waals surface area contributed by atoms with Crippen LogP contribution in [0.4, 0.5) is 0 Å². The highest BCUT2D eigenvalue weighted by atomic mass is 32.1. The Labute approximate surface area is 130 Å². The van der Waals surface area contributed by atoms with E-state index in [-0.39, 0.29) is 18.4 Å². The van der Waals surface area contributed by atoms with Gasteiger partial charge in [-0.25, -0.2) is 4.98 Å². The summed E-state index contributed by atoms with van der Waals surface area (Å²) in [5, 5.41) is 13.4. The number of thiophene rings is 1. The van der Waals surface area contributed by atoms with Crippen LogP contribution in [0.2, 0.25) is 0 Å². The van der Waals surface area contributed by atoms with Gasteiger partial charge >= 0.3 is 5.97 Å². The van der Waals surface area contributed by atoms with Crippen LogP contribution in [0.15, 0.2) is 22.9 Å². The second-order valence-electron chi connectivity index (χ2n) is 4.99. The summed E-state index contributed by atoms with van der Waals surface area (Å²) in [5.41, 5.74) is 0.310. The van der Waals surface area contributed by atoms with Gasteiger partial charge in [-0.1, -0.05) is 19.9 Å². The van der Waals surface area contributed by atoms with E-state index in [1.54, 1.807) is 16.7 Å². The third kappa shape index (κ3) is 4.12. The van der Waals surface area contributed by atoms with Crippen LogP contribution in [-0.2, 0) is 4.79 Å². The number of rotatable bonds is 6. The van der Waals surface area contributed by atoms with E-state index in [0.29, 0.717) is 12.2 Å². The van der Waals surface area contributed by atoms with E-state index in [4.69, 9.17) is 5.11 Å². The molecule has 112 valence electrons. The minimum absolute atomic E-state index is 0.198. The molecule has 2 heterocycles. The molecule has 0 fully saturated rings. The van der Waals surface area contributed by atoms with Crippen LogP contribution in [0.25, 0.3) is 9.88 Å². The van der Waals surface area contributed by atoms with Gasteiger partial charge in [-0.3, -0.25) is 9.59 Å². The third-order valence-electron chi connectivity index (χ3n) is 2.65. The molecule has 0 unspecified atom stereocenters. The molecule has 0 saturated heterocycles. The number of carboxylic acid groups (broad SMARTS) is 1. The van der Waals surface area contributed by atoms with Gasteiger partial charge in [0.25, 0.3) is 5.91 Å². The van der Waals surface area contributed by atoms with E-state index >= 15 is 0 Å². The van der Waals surface area contributed by atoms with Crippen molar-refractivity contribution < 1.29 is 14.7 Å². The summed E-state index contributed by atoms with van der Waals surface area (Å²) in [6.45, 7) is 3.99. The van der Waals surface area contributed by atoms with Crippen molar-refractivity contribution in [3.8, 4) is 9.88 Å². The molecule has 0 spiro atoms. The molecule has 0 saturated carbocycles. The van der Waals surface area contributed by atoms with Gasteiger partial charge in [0.05, 0.1) is 4.88 Å². The number of hydrogen-bond acceptors (Lipinski definition) is 5. The Kier molecular flexibility index (Phi) is 5.08. The van der Waals surface area contributed by atoms with Crippen LogP contribution in [-0.4, -0.2) is 40.0 Å². The van der Waals surface area contributed by atoms with Gasteiger partial charge in [0.2, 0.25) is 0 Å². The van der Waals surface area contributed by atoms with Crippen LogP contribution in [0, 0.1) is 5.92 Å². The van der Waals surface area contributed by atoms with Crippen molar-refractivity contribution in [2.45, 2.75) is 13.8 Å². The lowest BCUT2D eigenvalue weighted by molar-refractivity contribution is -0.137. The van der Waals surface area contributed by atoms with E-state index in [9.17, 15) is 9.59 Å². The second kappa shape index (κ2) is 6.82. The number of nitrogens with zero attached hydrogens (tertiary/aromatic N) is 2. The highest BCUT2D eigenvalue weighted by Gasteiger charge is 2.22. The zero-order valence-corrected chi connectivity index (χ0v) is 13.4. The van der Waals surface area contributed by atoms with Gasteiger partial charge in [0.15, 0.2) is 0 Å². The smallest absolute Gasteiger partial charge is 0.323 e. The Morgan fingerprint density at radius 3 is 2.71 bits per heavy atom. The maximum Gasteiger partial charge on any atom is 0.323 e. The van der Waals surface area contributed by atoms with Crippen molar-refractivity contribution in [1.82, 2.24) is 9.88 Å². The standard InChI is InChI=1S/C14H16N2O3S2/c1-9(2)6-16(7-12(17)18)14(19)10-8-21-13(15-10)11-4-3-5-20-11/h3-5,8-9H,6-7H2,1-2H3,(H,17,18). The summed E-state index contributed by atoms with van der Waals surface area (Å²) in [5.74, 6) is -1.15. The molecule has 1 N–H and O–H groups in total. The Morgan fingerprint density at radius 2 is 2.14 bits per heavy atom. The SMILES string of the molecule is CC(C)CN(CC(=O)O)C(=O)c1csc(-c2cccs2)n1. The van der Waals surface area contributed by atoms with Crippen molar-refractivity contribution in [3.05, 3.63) is 28.6 Å². The Bertz CT molecular complexity index is 620. The number of thiazole rings is 1. The first kappa shape index (κ1) is 15.7. The van der Waals surface area contributed by atoms with Gasteiger partial charge in [0.1, 0.15) is 17.2 Å². The van der Waals surface area contributed by atoms with Crippen LogP contribution < -0.4 is 0 Å². The summed E-state index contributed by atoms with van der Waals surface area (Å²) < 4.78 is 0. The molecule has 0 atom stereocenters. The summed E-state index contributed by atoms with van der Waals surface area (Å²) in [6, 6.07) is 3.87. The molecule has 0 aromatic carbocycles. The maximum atomic E-state index is 12.4. The lowest BCUT2D eigenvalue weighted by Gasteiger charge is -2.21. The summed E-state index contributed by atoms with van der Waals surface area (Å²) >= 11 is 2.95. The number of aliphatic carboxylic acids is 1. The fraction of sp³-hybridized carbons (Fsp3) is 0.357. The average Bonchev–Trinajstić information content (AvgIpc) is 3.06. The molecule has 2 aromatic heterocycles. The summed E-state index contributed by atoms with van der Waals surface area (Å²) in [7, 11) is 0. The molecule has 0 bridgehead atoms. The summed E-state index contributed by atoms with van der Waals surface area (Å²) in [6.07, 6.45) is 0. The highest BCUT2D eigenvalue weighted by Crippen LogP contribution is 2.28. The molecule has 0 aliphatic heterocycles. The van der Waals surface area contributed by atoms with Crippen molar-refractivity contribution in [1.29, 1.82) is 0 Å². The lowest BCUT2D eigenvalue weighted by Crippen LogP contribution is -2.38. The first-order valence-corrected chi connectivity index (χ1v) is 8.23. The first-order valence-electron chi connectivity index (χ1n) is 6.48. The van der Waals surface area contributed by atoms with E-state index in [2.05, 4.69) is 4.98 Å². The second-order valence-corrected chi connectivity index (χ2v) is 6.79. The first-order chi connectivity index (χ1) is 9.97. The van der Waals surface area contributed by atoms with Crippen LogP contribution in [0.1, 0.15) is 24.3 Å². The third-order valence-corrected chi connectivity index (χ3v) is 4.54. The zero-order chi connectivity index (χ0) is 15.4. The quantitative estimate of drug-likeness (QED) is 0.886. The number of aromatic nitrogens is 1. The highest BCUT2D eigenvalue weighted by molar-refractivity contribution is 7.20.